The van der Waals surface area contributed by atoms with Gasteiger partial charge in [0.15, 0.2) is 0 Å². The van der Waals surface area contributed by atoms with Crippen LogP contribution in [0.4, 0.5) is 5.69 Å². The second-order valence-corrected chi connectivity index (χ2v) is 4.73. The van der Waals surface area contributed by atoms with Crippen molar-refractivity contribution in [1.82, 2.24) is 5.32 Å². The minimum Gasteiger partial charge on any atom is -0.398 e. The Morgan fingerprint density at radius 2 is 2.38 bits per heavy atom. The second kappa shape index (κ2) is 4.11. The first-order chi connectivity index (χ1) is 6.36. The van der Waals surface area contributed by atoms with E-state index in [1.165, 1.54) is 24.1 Å². The highest BCUT2D eigenvalue weighted by atomic mass is 32.1. The standard InChI is InChI=1S/C10H16N2S/c11-9-4-5-13-10(9)7-12-6-8-2-1-3-8/h4-5,8,12H,1-3,6-7,11H2. The van der Waals surface area contributed by atoms with Gasteiger partial charge in [-0.2, -0.15) is 0 Å². The number of hydrogen-bond acceptors (Lipinski definition) is 3. The van der Waals surface area contributed by atoms with Gasteiger partial charge in [-0.25, -0.2) is 0 Å². The molecule has 13 heavy (non-hydrogen) atoms. The zero-order chi connectivity index (χ0) is 9.10. The largest absolute Gasteiger partial charge is 0.398 e. The van der Waals surface area contributed by atoms with Crippen molar-refractivity contribution < 1.29 is 0 Å². The maximum absolute atomic E-state index is 5.77. The van der Waals surface area contributed by atoms with Gasteiger partial charge in [-0.15, -0.1) is 11.3 Å². The third-order valence-corrected chi connectivity index (χ3v) is 3.66. The molecule has 0 aliphatic heterocycles. The Kier molecular flexibility index (Phi) is 2.86. The highest BCUT2D eigenvalue weighted by molar-refractivity contribution is 7.10. The Morgan fingerprint density at radius 3 is 2.92 bits per heavy atom. The van der Waals surface area contributed by atoms with E-state index in [9.17, 15) is 0 Å². The average Bonchev–Trinajstić information content (AvgIpc) is 2.42. The quantitative estimate of drug-likeness (QED) is 0.775. The van der Waals surface area contributed by atoms with Gasteiger partial charge in [0.2, 0.25) is 0 Å². The fourth-order valence-electron chi connectivity index (χ4n) is 1.58. The van der Waals surface area contributed by atoms with Crippen LogP contribution in [0.5, 0.6) is 0 Å². The molecule has 0 spiro atoms. The summed E-state index contributed by atoms with van der Waals surface area (Å²) in [4.78, 5) is 1.28. The lowest BCUT2D eigenvalue weighted by atomic mass is 9.85. The number of thiophene rings is 1. The van der Waals surface area contributed by atoms with Crippen molar-refractivity contribution in [1.29, 1.82) is 0 Å². The fraction of sp³-hybridized carbons (Fsp3) is 0.600. The van der Waals surface area contributed by atoms with Crippen molar-refractivity contribution in [3.05, 3.63) is 16.3 Å². The molecule has 0 amide bonds. The number of rotatable bonds is 4. The van der Waals surface area contributed by atoms with Crippen LogP contribution >= 0.6 is 11.3 Å². The highest BCUT2D eigenvalue weighted by Crippen LogP contribution is 2.25. The first-order valence-corrected chi connectivity index (χ1v) is 5.77. The molecule has 3 N–H and O–H groups in total. The summed E-state index contributed by atoms with van der Waals surface area (Å²) >= 11 is 1.74. The topological polar surface area (TPSA) is 38.0 Å². The van der Waals surface area contributed by atoms with E-state index in [-0.39, 0.29) is 0 Å². The van der Waals surface area contributed by atoms with Crippen molar-refractivity contribution in [3.8, 4) is 0 Å². The average molecular weight is 196 g/mol. The summed E-state index contributed by atoms with van der Waals surface area (Å²) in [5, 5.41) is 5.51. The summed E-state index contributed by atoms with van der Waals surface area (Å²) in [6.45, 7) is 2.11. The Morgan fingerprint density at radius 1 is 1.54 bits per heavy atom. The van der Waals surface area contributed by atoms with Crippen LogP contribution in [0.1, 0.15) is 24.1 Å². The van der Waals surface area contributed by atoms with Crippen LogP contribution in [0, 0.1) is 5.92 Å². The molecular weight excluding hydrogens is 180 g/mol. The summed E-state index contributed by atoms with van der Waals surface area (Å²) in [6.07, 6.45) is 4.24. The number of nitrogens with two attached hydrogens (primary N) is 1. The van der Waals surface area contributed by atoms with Gasteiger partial charge in [0, 0.05) is 17.1 Å². The van der Waals surface area contributed by atoms with Crippen LogP contribution in [0.3, 0.4) is 0 Å². The van der Waals surface area contributed by atoms with Gasteiger partial charge < -0.3 is 11.1 Å². The van der Waals surface area contributed by atoms with Crippen molar-refractivity contribution in [3.63, 3.8) is 0 Å². The van der Waals surface area contributed by atoms with Crippen LogP contribution in [0.25, 0.3) is 0 Å². The number of anilines is 1. The minimum atomic E-state index is 0.932. The molecule has 1 fully saturated rings. The summed E-state index contributed by atoms with van der Waals surface area (Å²) < 4.78 is 0. The normalized spacial score (nSPS) is 17.2. The molecule has 1 aliphatic carbocycles. The van der Waals surface area contributed by atoms with Gasteiger partial charge in [0.25, 0.3) is 0 Å². The molecule has 0 atom stereocenters. The van der Waals surface area contributed by atoms with E-state index in [1.807, 2.05) is 6.07 Å². The maximum Gasteiger partial charge on any atom is 0.0468 e. The molecule has 2 rings (SSSR count). The van der Waals surface area contributed by atoms with Crippen molar-refractivity contribution >= 4 is 17.0 Å². The summed E-state index contributed by atoms with van der Waals surface area (Å²) in [7, 11) is 0. The van der Waals surface area contributed by atoms with Crippen molar-refractivity contribution in [2.24, 2.45) is 5.92 Å². The summed E-state index contributed by atoms with van der Waals surface area (Å²) in [5.41, 5.74) is 6.71. The third kappa shape index (κ3) is 2.23. The van der Waals surface area contributed by atoms with Crippen LogP contribution in [0.15, 0.2) is 11.4 Å². The molecule has 0 bridgehead atoms. The lowest BCUT2D eigenvalue weighted by Crippen LogP contribution is -2.26. The van der Waals surface area contributed by atoms with Crippen molar-refractivity contribution in [2.45, 2.75) is 25.8 Å². The Labute approximate surface area is 83.1 Å². The molecule has 0 saturated heterocycles. The minimum absolute atomic E-state index is 0.932. The number of hydrogen-bond donors (Lipinski definition) is 2. The SMILES string of the molecule is Nc1ccsc1CNCC1CCC1. The number of nitrogens with one attached hydrogen (secondary N) is 1. The Balaban J connectivity index is 1.70. The van der Waals surface area contributed by atoms with Crippen LogP contribution in [0.2, 0.25) is 0 Å². The van der Waals surface area contributed by atoms with E-state index in [1.54, 1.807) is 11.3 Å². The smallest absolute Gasteiger partial charge is 0.0468 e. The van der Waals surface area contributed by atoms with E-state index in [0.717, 1.165) is 24.7 Å². The van der Waals surface area contributed by atoms with Gasteiger partial charge in [0.1, 0.15) is 0 Å². The van der Waals surface area contributed by atoms with E-state index in [0.29, 0.717) is 0 Å². The van der Waals surface area contributed by atoms with Gasteiger partial charge >= 0.3 is 0 Å². The van der Waals surface area contributed by atoms with Crippen LogP contribution in [-0.2, 0) is 6.54 Å². The molecule has 1 aromatic rings. The predicted octanol–water partition coefficient (Wildman–Crippen LogP) is 2.22. The summed E-state index contributed by atoms with van der Waals surface area (Å²) in [5.74, 6) is 0.932. The Hall–Kier alpha value is -0.540. The highest BCUT2D eigenvalue weighted by Gasteiger charge is 2.16. The molecule has 1 heterocycles. The molecule has 1 aromatic heterocycles. The number of nitrogen functional groups attached to an aromatic ring is 1. The van der Waals surface area contributed by atoms with Crippen LogP contribution < -0.4 is 11.1 Å². The van der Waals surface area contributed by atoms with Gasteiger partial charge in [-0.1, -0.05) is 6.42 Å². The summed E-state index contributed by atoms with van der Waals surface area (Å²) in [6, 6.07) is 1.98. The molecule has 2 nitrogen and oxygen atoms in total. The van der Waals surface area contributed by atoms with Crippen molar-refractivity contribution in [2.75, 3.05) is 12.3 Å². The monoisotopic (exact) mass is 196 g/mol. The molecule has 3 heteroatoms. The zero-order valence-corrected chi connectivity index (χ0v) is 8.57. The molecule has 0 aromatic carbocycles. The maximum atomic E-state index is 5.77. The first-order valence-electron chi connectivity index (χ1n) is 4.89. The van der Waals surface area contributed by atoms with Gasteiger partial charge in [-0.3, -0.25) is 0 Å². The lowest BCUT2D eigenvalue weighted by Gasteiger charge is -2.25. The predicted molar refractivity (Wildman–Crippen MR) is 57.8 cm³/mol. The second-order valence-electron chi connectivity index (χ2n) is 3.73. The van der Waals surface area contributed by atoms with Gasteiger partial charge in [0.05, 0.1) is 0 Å². The fourth-order valence-corrected chi connectivity index (χ4v) is 2.35. The molecule has 72 valence electrons. The molecular formula is C10H16N2S. The van der Waals surface area contributed by atoms with E-state index < -0.39 is 0 Å². The third-order valence-electron chi connectivity index (χ3n) is 2.72. The molecule has 1 aliphatic rings. The van der Waals surface area contributed by atoms with E-state index >= 15 is 0 Å². The zero-order valence-electron chi connectivity index (χ0n) is 7.75. The van der Waals surface area contributed by atoms with E-state index in [4.69, 9.17) is 5.73 Å². The molecule has 0 unspecified atom stereocenters. The van der Waals surface area contributed by atoms with E-state index in [2.05, 4.69) is 10.7 Å². The Bertz CT molecular complexity index is 266. The van der Waals surface area contributed by atoms with Gasteiger partial charge in [-0.05, 0) is 36.8 Å². The lowest BCUT2D eigenvalue weighted by molar-refractivity contribution is 0.301. The van der Waals surface area contributed by atoms with Crippen LogP contribution in [-0.4, -0.2) is 6.54 Å². The molecule has 0 radical (unpaired) electrons. The molecule has 1 saturated carbocycles. The first kappa shape index (κ1) is 9.03.